The second-order valence-corrected chi connectivity index (χ2v) is 3.55. The number of nitrogens with one attached hydrogen (secondary N) is 1. The van der Waals surface area contributed by atoms with E-state index in [-0.39, 0.29) is 0 Å². The van der Waals surface area contributed by atoms with E-state index in [0.717, 1.165) is 18.8 Å². The third-order valence-electron chi connectivity index (χ3n) is 2.36. The van der Waals surface area contributed by atoms with Gasteiger partial charge in [-0.1, -0.05) is 20.3 Å². The molecule has 1 unspecified atom stereocenters. The molecule has 1 rings (SSSR count). The van der Waals surface area contributed by atoms with Crippen molar-refractivity contribution in [1.82, 2.24) is 20.1 Å². The van der Waals surface area contributed by atoms with Gasteiger partial charge in [0.1, 0.15) is 12.2 Å². The quantitative estimate of drug-likeness (QED) is 0.742. The smallest absolute Gasteiger partial charge is 0.138 e. The second-order valence-electron chi connectivity index (χ2n) is 3.55. The monoisotopic (exact) mass is 196 g/mol. The number of hydrogen-bond acceptors (Lipinski definition) is 3. The summed E-state index contributed by atoms with van der Waals surface area (Å²) >= 11 is 0. The van der Waals surface area contributed by atoms with Crippen molar-refractivity contribution in [2.75, 3.05) is 6.54 Å². The molecule has 4 nitrogen and oxygen atoms in total. The molecule has 1 aromatic rings. The van der Waals surface area contributed by atoms with Crippen LogP contribution in [0.3, 0.4) is 0 Å². The highest BCUT2D eigenvalue weighted by Gasteiger charge is 2.10. The minimum absolute atomic E-state index is 0.535. The normalized spacial score (nSPS) is 13.1. The molecule has 1 aromatic heterocycles. The number of hydrogen-bond donors (Lipinski definition) is 1. The number of aromatic nitrogens is 3. The largest absolute Gasteiger partial charge is 0.314 e. The summed E-state index contributed by atoms with van der Waals surface area (Å²) in [4.78, 5) is 4.23. The first-order valence-corrected chi connectivity index (χ1v) is 5.34. The van der Waals surface area contributed by atoms with Gasteiger partial charge in [0.15, 0.2) is 0 Å². The summed E-state index contributed by atoms with van der Waals surface area (Å²) < 4.78 is 1.85. The van der Waals surface area contributed by atoms with Crippen molar-refractivity contribution in [1.29, 1.82) is 0 Å². The van der Waals surface area contributed by atoms with Crippen LogP contribution in [0.5, 0.6) is 0 Å². The van der Waals surface area contributed by atoms with E-state index in [1.807, 2.05) is 11.7 Å². The Morgan fingerprint density at radius 2 is 2.29 bits per heavy atom. The highest BCUT2D eigenvalue weighted by Crippen LogP contribution is 2.03. The highest BCUT2D eigenvalue weighted by atomic mass is 15.3. The topological polar surface area (TPSA) is 42.7 Å². The van der Waals surface area contributed by atoms with Gasteiger partial charge in [-0.15, -0.1) is 0 Å². The van der Waals surface area contributed by atoms with E-state index in [1.54, 1.807) is 6.33 Å². The molecule has 0 bridgehead atoms. The zero-order valence-electron chi connectivity index (χ0n) is 9.32. The molecular weight excluding hydrogens is 176 g/mol. The van der Waals surface area contributed by atoms with E-state index in [2.05, 4.69) is 29.2 Å². The SMILES string of the molecule is CCCC(Cc1ncnn1C)NCC. The summed E-state index contributed by atoms with van der Waals surface area (Å²) in [5, 5.41) is 7.54. The number of aryl methyl sites for hydroxylation is 1. The van der Waals surface area contributed by atoms with Crippen molar-refractivity contribution in [2.45, 2.75) is 39.2 Å². The predicted octanol–water partition coefficient (Wildman–Crippen LogP) is 1.14. The van der Waals surface area contributed by atoms with Gasteiger partial charge in [-0.2, -0.15) is 5.10 Å². The van der Waals surface area contributed by atoms with Gasteiger partial charge >= 0.3 is 0 Å². The maximum Gasteiger partial charge on any atom is 0.138 e. The van der Waals surface area contributed by atoms with Crippen molar-refractivity contribution < 1.29 is 0 Å². The number of rotatable bonds is 6. The molecule has 0 fully saturated rings. The Bertz CT molecular complexity index is 250. The Kier molecular flexibility index (Phi) is 4.59. The molecule has 0 saturated heterocycles. The maximum atomic E-state index is 4.23. The van der Waals surface area contributed by atoms with Crippen LogP contribution < -0.4 is 5.32 Å². The van der Waals surface area contributed by atoms with Gasteiger partial charge in [-0.05, 0) is 13.0 Å². The molecular formula is C10H20N4. The highest BCUT2D eigenvalue weighted by molar-refractivity contribution is 4.88. The lowest BCUT2D eigenvalue weighted by Crippen LogP contribution is -2.31. The van der Waals surface area contributed by atoms with Crippen LogP contribution in [-0.4, -0.2) is 27.4 Å². The molecule has 14 heavy (non-hydrogen) atoms. The zero-order valence-corrected chi connectivity index (χ0v) is 9.32. The molecule has 0 radical (unpaired) electrons. The Labute approximate surface area is 85.7 Å². The fraction of sp³-hybridized carbons (Fsp3) is 0.800. The van der Waals surface area contributed by atoms with Crippen LogP contribution in [0.1, 0.15) is 32.5 Å². The lowest BCUT2D eigenvalue weighted by atomic mass is 10.1. The molecule has 0 aliphatic carbocycles. The molecule has 1 atom stereocenters. The first-order chi connectivity index (χ1) is 6.77. The molecule has 0 aromatic carbocycles. The molecule has 0 spiro atoms. The van der Waals surface area contributed by atoms with Gasteiger partial charge in [0, 0.05) is 19.5 Å². The lowest BCUT2D eigenvalue weighted by Gasteiger charge is -2.15. The van der Waals surface area contributed by atoms with Crippen molar-refractivity contribution in [3.8, 4) is 0 Å². The third kappa shape index (κ3) is 3.10. The van der Waals surface area contributed by atoms with Crippen LogP contribution in [-0.2, 0) is 13.5 Å². The van der Waals surface area contributed by atoms with E-state index >= 15 is 0 Å². The average Bonchev–Trinajstić information content (AvgIpc) is 2.53. The first-order valence-electron chi connectivity index (χ1n) is 5.34. The minimum atomic E-state index is 0.535. The average molecular weight is 196 g/mol. The van der Waals surface area contributed by atoms with Gasteiger partial charge in [0.25, 0.3) is 0 Å². The van der Waals surface area contributed by atoms with Crippen molar-refractivity contribution in [2.24, 2.45) is 7.05 Å². The first kappa shape index (κ1) is 11.2. The number of nitrogens with zero attached hydrogens (tertiary/aromatic N) is 3. The van der Waals surface area contributed by atoms with Gasteiger partial charge in [-0.3, -0.25) is 4.68 Å². The van der Waals surface area contributed by atoms with Crippen LogP contribution in [0.15, 0.2) is 6.33 Å². The van der Waals surface area contributed by atoms with Gasteiger partial charge < -0.3 is 5.32 Å². The van der Waals surface area contributed by atoms with Crippen LogP contribution in [0, 0.1) is 0 Å². The Balaban J connectivity index is 2.50. The molecule has 0 saturated carbocycles. The van der Waals surface area contributed by atoms with E-state index < -0.39 is 0 Å². The fourth-order valence-electron chi connectivity index (χ4n) is 1.64. The molecule has 0 aliphatic rings. The molecule has 1 heterocycles. The zero-order chi connectivity index (χ0) is 10.4. The summed E-state index contributed by atoms with van der Waals surface area (Å²) in [6.45, 7) is 5.36. The van der Waals surface area contributed by atoms with Crippen molar-refractivity contribution in [3.05, 3.63) is 12.2 Å². The van der Waals surface area contributed by atoms with Crippen LogP contribution in [0.4, 0.5) is 0 Å². The lowest BCUT2D eigenvalue weighted by molar-refractivity contribution is 0.468. The number of likely N-dealkylation sites (N-methyl/N-ethyl adjacent to an activating group) is 1. The van der Waals surface area contributed by atoms with E-state index in [4.69, 9.17) is 0 Å². The summed E-state index contributed by atoms with van der Waals surface area (Å²) in [5.74, 6) is 1.06. The molecule has 0 aliphatic heterocycles. The Hall–Kier alpha value is -0.900. The Morgan fingerprint density at radius 3 is 2.79 bits per heavy atom. The fourth-order valence-corrected chi connectivity index (χ4v) is 1.64. The third-order valence-corrected chi connectivity index (χ3v) is 2.36. The summed E-state index contributed by atoms with van der Waals surface area (Å²) in [5.41, 5.74) is 0. The van der Waals surface area contributed by atoms with Crippen molar-refractivity contribution in [3.63, 3.8) is 0 Å². The van der Waals surface area contributed by atoms with Crippen LogP contribution in [0.25, 0.3) is 0 Å². The molecule has 80 valence electrons. The van der Waals surface area contributed by atoms with Crippen molar-refractivity contribution >= 4 is 0 Å². The van der Waals surface area contributed by atoms with E-state index in [9.17, 15) is 0 Å². The standard InChI is InChI=1S/C10H20N4/c1-4-6-9(11-5-2)7-10-12-8-13-14(10)3/h8-9,11H,4-7H2,1-3H3. The molecule has 0 amide bonds. The summed E-state index contributed by atoms with van der Waals surface area (Å²) in [7, 11) is 1.94. The molecule has 4 heteroatoms. The molecule has 1 N–H and O–H groups in total. The van der Waals surface area contributed by atoms with E-state index in [0.29, 0.717) is 6.04 Å². The van der Waals surface area contributed by atoms with E-state index in [1.165, 1.54) is 12.8 Å². The predicted molar refractivity (Wildman–Crippen MR) is 57.1 cm³/mol. The summed E-state index contributed by atoms with van der Waals surface area (Å²) in [6, 6.07) is 0.535. The van der Waals surface area contributed by atoms with Gasteiger partial charge in [0.2, 0.25) is 0 Å². The second kappa shape index (κ2) is 5.75. The minimum Gasteiger partial charge on any atom is -0.314 e. The van der Waals surface area contributed by atoms with Gasteiger partial charge in [-0.25, -0.2) is 4.98 Å². The van der Waals surface area contributed by atoms with Crippen LogP contribution >= 0.6 is 0 Å². The van der Waals surface area contributed by atoms with Crippen LogP contribution in [0.2, 0.25) is 0 Å². The Morgan fingerprint density at radius 1 is 1.50 bits per heavy atom. The van der Waals surface area contributed by atoms with Gasteiger partial charge in [0.05, 0.1) is 0 Å². The summed E-state index contributed by atoms with van der Waals surface area (Å²) in [6.07, 6.45) is 4.98. The maximum absolute atomic E-state index is 4.23.